The third kappa shape index (κ3) is 4.51. The number of phenolic OH excluding ortho intramolecular Hbond substituents is 1. The summed E-state index contributed by atoms with van der Waals surface area (Å²) in [5.74, 6) is 0.578. The molecule has 0 bridgehead atoms. The number of ether oxygens (including phenoxy) is 1. The second-order valence-corrected chi connectivity index (χ2v) is 7.31. The largest absolute Gasteiger partial charge is 0.505 e. The Morgan fingerprint density at radius 3 is 2.55 bits per heavy atom. The monoisotopic (exact) mass is 412 g/mol. The van der Waals surface area contributed by atoms with Gasteiger partial charge in [0.1, 0.15) is 17.0 Å². The van der Waals surface area contributed by atoms with Gasteiger partial charge in [-0.05, 0) is 24.1 Å². The summed E-state index contributed by atoms with van der Waals surface area (Å²) in [4.78, 5) is 17.2. The van der Waals surface area contributed by atoms with E-state index < -0.39 is 6.04 Å². The average Bonchev–Trinajstić information content (AvgIpc) is 2.82. The number of carbonyl (C=O) groups is 1. The summed E-state index contributed by atoms with van der Waals surface area (Å²) in [6.45, 7) is 0. The van der Waals surface area contributed by atoms with Gasteiger partial charge in [0, 0.05) is 29.1 Å². The normalized spacial score (nSPS) is 11.8. The zero-order valence-electron chi connectivity index (χ0n) is 17.3. The first-order valence-electron chi connectivity index (χ1n) is 10.2. The number of aryl methyl sites for hydroxylation is 1. The van der Waals surface area contributed by atoms with Crippen molar-refractivity contribution in [3.63, 3.8) is 0 Å². The molecule has 0 aliphatic carbocycles. The van der Waals surface area contributed by atoms with Crippen molar-refractivity contribution in [1.29, 1.82) is 0 Å². The third-order valence-electron chi connectivity index (χ3n) is 5.33. The Morgan fingerprint density at radius 1 is 0.968 bits per heavy atom. The van der Waals surface area contributed by atoms with E-state index in [2.05, 4.69) is 10.3 Å². The molecule has 0 fully saturated rings. The van der Waals surface area contributed by atoms with E-state index in [4.69, 9.17) is 4.74 Å². The Labute approximate surface area is 181 Å². The van der Waals surface area contributed by atoms with Crippen LogP contribution in [0.1, 0.15) is 29.2 Å². The SMILES string of the molecule is COc1ccccc1[C@H](NC(=O)CCc1ccccc1)c1ccc2cccnc2c1O. The zero-order valence-corrected chi connectivity index (χ0v) is 17.3. The molecule has 156 valence electrons. The van der Waals surface area contributed by atoms with Gasteiger partial charge < -0.3 is 15.2 Å². The fourth-order valence-corrected chi connectivity index (χ4v) is 3.74. The first kappa shape index (κ1) is 20.4. The first-order valence-corrected chi connectivity index (χ1v) is 10.2. The number of aromatic nitrogens is 1. The number of phenols is 1. The summed E-state index contributed by atoms with van der Waals surface area (Å²) in [5, 5.41) is 14.9. The fraction of sp³-hybridized carbons (Fsp3) is 0.154. The molecule has 1 aromatic heterocycles. The van der Waals surface area contributed by atoms with Crippen LogP contribution in [0.5, 0.6) is 11.5 Å². The molecule has 5 heteroatoms. The molecule has 1 heterocycles. The van der Waals surface area contributed by atoms with E-state index in [1.54, 1.807) is 13.3 Å². The molecular formula is C26H24N2O3. The van der Waals surface area contributed by atoms with E-state index in [0.717, 1.165) is 16.5 Å². The van der Waals surface area contributed by atoms with Crippen molar-refractivity contribution in [2.75, 3.05) is 7.11 Å². The summed E-state index contributed by atoms with van der Waals surface area (Å²) in [6, 6.07) is 24.3. The van der Waals surface area contributed by atoms with Crippen LogP contribution in [0, 0.1) is 0 Å². The summed E-state index contributed by atoms with van der Waals surface area (Å²) in [7, 11) is 1.59. The van der Waals surface area contributed by atoms with E-state index in [9.17, 15) is 9.90 Å². The average molecular weight is 412 g/mol. The molecule has 1 atom stereocenters. The number of methoxy groups -OCH3 is 1. The number of benzene rings is 3. The highest BCUT2D eigenvalue weighted by Gasteiger charge is 2.24. The standard InChI is InChI=1S/C26H24N2O3/c1-31-22-12-6-5-11-20(22)25(28-23(29)16-13-18-8-3-2-4-9-18)21-15-14-19-10-7-17-27-24(19)26(21)30/h2-12,14-15,17,25,30H,13,16H2,1H3,(H,28,29)/t25-/m0/s1. The number of nitrogens with one attached hydrogen (secondary N) is 1. The number of aromatic hydroxyl groups is 1. The lowest BCUT2D eigenvalue weighted by atomic mass is 9.95. The minimum Gasteiger partial charge on any atom is -0.505 e. The van der Waals surface area contributed by atoms with E-state index in [0.29, 0.717) is 29.7 Å². The van der Waals surface area contributed by atoms with Crippen molar-refractivity contribution in [2.45, 2.75) is 18.9 Å². The van der Waals surface area contributed by atoms with Gasteiger partial charge in [0.25, 0.3) is 0 Å². The van der Waals surface area contributed by atoms with Crippen molar-refractivity contribution in [3.05, 3.63) is 102 Å². The lowest BCUT2D eigenvalue weighted by Crippen LogP contribution is -2.30. The van der Waals surface area contributed by atoms with Gasteiger partial charge in [-0.1, -0.05) is 66.7 Å². The van der Waals surface area contributed by atoms with Crippen LogP contribution in [0.25, 0.3) is 10.9 Å². The topological polar surface area (TPSA) is 71.5 Å². The Balaban J connectivity index is 1.69. The molecule has 2 N–H and O–H groups in total. The molecule has 3 aromatic carbocycles. The minimum atomic E-state index is -0.578. The van der Waals surface area contributed by atoms with Gasteiger partial charge in [-0.3, -0.25) is 9.78 Å². The van der Waals surface area contributed by atoms with Crippen LogP contribution in [-0.4, -0.2) is 23.1 Å². The van der Waals surface area contributed by atoms with E-state index in [1.807, 2.05) is 78.9 Å². The summed E-state index contributed by atoms with van der Waals surface area (Å²) in [5.41, 5.74) is 2.94. The highest BCUT2D eigenvalue weighted by molar-refractivity contribution is 5.86. The van der Waals surface area contributed by atoms with Crippen LogP contribution in [0.2, 0.25) is 0 Å². The highest BCUT2D eigenvalue weighted by atomic mass is 16.5. The third-order valence-corrected chi connectivity index (χ3v) is 5.33. The number of rotatable bonds is 7. The Morgan fingerprint density at radius 2 is 1.74 bits per heavy atom. The summed E-state index contributed by atoms with van der Waals surface area (Å²) < 4.78 is 5.54. The lowest BCUT2D eigenvalue weighted by molar-refractivity contribution is -0.121. The van der Waals surface area contributed by atoms with Crippen LogP contribution in [0.15, 0.2) is 85.1 Å². The molecule has 0 saturated heterocycles. The van der Waals surface area contributed by atoms with Gasteiger partial charge >= 0.3 is 0 Å². The Kier molecular flexibility index (Phi) is 6.13. The zero-order chi connectivity index (χ0) is 21.6. The van der Waals surface area contributed by atoms with Crippen LogP contribution in [-0.2, 0) is 11.2 Å². The maximum Gasteiger partial charge on any atom is 0.221 e. The maximum atomic E-state index is 12.9. The van der Waals surface area contributed by atoms with Crippen LogP contribution < -0.4 is 10.1 Å². The summed E-state index contributed by atoms with van der Waals surface area (Å²) >= 11 is 0. The van der Waals surface area contributed by atoms with Gasteiger partial charge in [-0.2, -0.15) is 0 Å². The van der Waals surface area contributed by atoms with E-state index in [-0.39, 0.29) is 11.7 Å². The molecule has 0 aliphatic rings. The van der Waals surface area contributed by atoms with Gasteiger partial charge in [0.15, 0.2) is 0 Å². The number of fused-ring (bicyclic) bond motifs is 1. The van der Waals surface area contributed by atoms with Gasteiger partial charge in [0.05, 0.1) is 13.2 Å². The molecule has 0 aliphatic heterocycles. The quantitative estimate of drug-likeness (QED) is 0.458. The second kappa shape index (κ2) is 9.30. The molecular weight excluding hydrogens is 388 g/mol. The number of hydrogen-bond donors (Lipinski definition) is 2. The first-order chi connectivity index (χ1) is 15.2. The van der Waals surface area contributed by atoms with Crippen molar-refractivity contribution in [3.8, 4) is 11.5 Å². The van der Waals surface area contributed by atoms with E-state index in [1.165, 1.54) is 0 Å². The van der Waals surface area contributed by atoms with Crippen molar-refractivity contribution in [2.24, 2.45) is 0 Å². The number of hydrogen-bond acceptors (Lipinski definition) is 4. The number of pyridine rings is 1. The molecule has 31 heavy (non-hydrogen) atoms. The van der Waals surface area contributed by atoms with Crippen molar-refractivity contribution < 1.29 is 14.6 Å². The van der Waals surface area contributed by atoms with Crippen LogP contribution >= 0.6 is 0 Å². The van der Waals surface area contributed by atoms with Crippen LogP contribution in [0.3, 0.4) is 0 Å². The fourth-order valence-electron chi connectivity index (χ4n) is 3.74. The number of amides is 1. The van der Waals surface area contributed by atoms with Crippen LogP contribution in [0.4, 0.5) is 0 Å². The Bertz CT molecular complexity index is 1190. The number of carbonyl (C=O) groups excluding carboxylic acids is 1. The van der Waals surface area contributed by atoms with Gasteiger partial charge in [-0.25, -0.2) is 0 Å². The number of nitrogens with zero attached hydrogens (tertiary/aromatic N) is 1. The minimum absolute atomic E-state index is 0.0531. The molecule has 4 aromatic rings. The number of para-hydroxylation sites is 1. The maximum absolute atomic E-state index is 12.9. The predicted molar refractivity (Wildman–Crippen MR) is 121 cm³/mol. The van der Waals surface area contributed by atoms with E-state index >= 15 is 0 Å². The second-order valence-electron chi connectivity index (χ2n) is 7.31. The van der Waals surface area contributed by atoms with Gasteiger partial charge in [-0.15, -0.1) is 0 Å². The molecule has 0 saturated carbocycles. The highest BCUT2D eigenvalue weighted by Crippen LogP contribution is 2.37. The van der Waals surface area contributed by atoms with Gasteiger partial charge in [0.2, 0.25) is 5.91 Å². The molecule has 0 unspecified atom stereocenters. The van der Waals surface area contributed by atoms with Crippen molar-refractivity contribution in [1.82, 2.24) is 10.3 Å². The molecule has 4 rings (SSSR count). The smallest absolute Gasteiger partial charge is 0.221 e. The lowest BCUT2D eigenvalue weighted by Gasteiger charge is -2.23. The molecule has 0 radical (unpaired) electrons. The predicted octanol–water partition coefficient (Wildman–Crippen LogP) is 4.79. The molecule has 0 spiro atoms. The summed E-state index contributed by atoms with van der Waals surface area (Å²) in [6.07, 6.45) is 2.61. The van der Waals surface area contributed by atoms with Crippen molar-refractivity contribution >= 4 is 16.8 Å². The Hall–Kier alpha value is -3.86. The molecule has 1 amide bonds. The molecule has 5 nitrogen and oxygen atoms in total.